The second kappa shape index (κ2) is 9.88. The summed E-state index contributed by atoms with van der Waals surface area (Å²) >= 11 is 0. The van der Waals surface area contributed by atoms with E-state index in [1.165, 1.54) is 11.4 Å². The Labute approximate surface area is 163 Å². The predicted molar refractivity (Wildman–Crippen MR) is 111 cm³/mol. The smallest absolute Gasteiger partial charge is 0.137 e. The highest BCUT2D eigenvalue weighted by Crippen LogP contribution is 2.28. The van der Waals surface area contributed by atoms with Crippen molar-refractivity contribution in [2.75, 3.05) is 57.9 Å². The molecule has 1 aliphatic rings. The van der Waals surface area contributed by atoms with Crippen molar-refractivity contribution in [2.24, 2.45) is 0 Å². The average molecular weight is 372 g/mol. The Kier molecular flexibility index (Phi) is 7.26. The normalized spacial score (nSPS) is 15.4. The van der Waals surface area contributed by atoms with Crippen LogP contribution in [0.1, 0.15) is 24.6 Å². The monoisotopic (exact) mass is 371 g/mol. The Morgan fingerprint density at radius 1 is 1.11 bits per heavy atom. The molecular formula is C21H33N5O. The highest BCUT2D eigenvalue weighted by molar-refractivity contribution is 5.55. The number of anilines is 1. The van der Waals surface area contributed by atoms with E-state index in [9.17, 15) is 0 Å². The lowest BCUT2D eigenvalue weighted by Crippen LogP contribution is -2.47. The number of aromatic nitrogens is 2. The fourth-order valence-electron chi connectivity index (χ4n) is 3.66. The Hall–Kier alpha value is -1.89. The average Bonchev–Trinajstić information content (AvgIpc) is 3.05. The van der Waals surface area contributed by atoms with Gasteiger partial charge in [-0.15, -0.1) is 0 Å². The third-order valence-electron chi connectivity index (χ3n) is 5.28. The van der Waals surface area contributed by atoms with Gasteiger partial charge < -0.3 is 19.9 Å². The van der Waals surface area contributed by atoms with Gasteiger partial charge in [-0.05, 0) is 38.6 Å². The van der Waals surface area contributed by atoms with E-state index in [-0.39, 0.29) is 0 Å². The molecule has 1 aliphatic heterocycles. The molecule has 1 aromatic heterocycles. The van der Waals surface area contributed by atoms with Crippen LogP contribution in [-0.2, 0) is 11.3 Å². The third-order valence-corrected chi connectivity index (χ3v) is 5.28. The first-order valence-electron chi connectivity index (χ1n) is 10.1. The van der Waals surface area contributed by atoms with Crippen molar-refractivity contribution in [3.8, 4) is 5.69 Å². The van der Waals surface area contributed by atoms with Crippen LogP contribution in [0, 0.1) is 6.92 Å². The largest absolute Gasteiger partial charge is 0.385 e. The number of hydrogen-bond acceptors (Lipinski definition) is 5. The lowest BCUT2D eigenvalue weighted by Gasteiger charge is -2.36. The summed E-state index contributed by atoms with van der Waals surface area (Å²) in [6, 6.07) is 10.5. The number of likely N-dealkylation sites (N-methyl/N-ethyl adjacent to an activating group) is 1. The number of para-hydroxylation sites is 1. The van der Waals surface area contributed by atoms with Crippen LogP contribution in [0.4, 0.5) is 5.82 Å². The maximum atomic E-state index is 5.15. The summed E-state index contributed by atoms with van der Waals surface area (Å²) in [5, 5.41) is 8.48. The molecule has 0 saturated carbocycles. The van der Waals surface area contributed by atoms with E-state index < -0.39 is 0 Å². The molecule has 0 aliphatic carbocycles. The molecule has 2 aromatic rings. The first kappa shape index (κ1) is 19.9. The Morgan fingerprint density at radius 3 is 2.52 bits per heavy atom. The molecule has 0 atom stereocenters. The molecule has 148 valence electrons. The van der Waals surface area contributed by atoms with Crippen molar-refractivity contribution in [3.63, 3.8) is 0 Å². The lowest BCUT2D eigenvalue weighted by atomic mass is 10.2. The van der Waals surface area contributed by atoms with Crippen molar-refractivity contribution >= 4 is 5.82 Å². The van der Waals surface area contributed by atoms with Gasteiger partial charge in [0.1, 0.15) is 5.82 Å². The molecule has 1 N–H and O–H groups in total. The zero-order valence-corrected chi connectivity index (χ0v) is 16.9. The van der Waals surface area contributed by atoms with Crippen LogP contribution in [0.5, 0.6) is 0 Å². The van der Waals surface area contributed by atoms with Crippen molar-refractivity contribution in [1.82, 2.24) is 20.0 Å². The Morgan fingerprint density at radius 2 is 1.85 bits per heavy atom. The van der Waals surface area contributed by atoms with Gasteiger partial charge in [-0.1, -0.05) is 25.1 Å². The molecule has 0 radical (unpaired) electrons. The number of rotatable bonds is 9. The van der Waals surface area contributed by atoms with Gasteiger partial charge in [-0.2, -0.15) is 5.10 Å². The summed E-state index contributed by atoms with van der Waals surface area (Å²) in [4.78, 5) is 5.01. The third kappa shape index (κ3) is 4.89. The van der Waals surface area contributed by atoms with Crippen LogP contribution in [0.15, 0.2) is 30.3 Å². The van der Waals surface area contributed by atoms with Gasteiger partial charge in [0.05, 0.1) is 11.4 Å². The summed E-state index contributed by atoms with van der Waals surface area (Å²) in [5.41, 5.74) is 3.53. The SMILES string of the molecule is CCN1CCN(c2c(CNCCCOC)c(C)nn2-c2ccccc2)CC1. The zero-order valence-electron chi connectivity index (χ0n) is 16.9. The van der Waals surface area contributed by atoms with Gasteiger partial charge in [-0.25, -0.2) is 4.68 Å². The van der Waals surface area contributed by atoms with Crippen LogP contribution in [0.2, 0.25) is 0 Å². The minimum absolute atomic E-state index is 0.793. The molecule has 1 fully saturated rings. The molecule has 6 heteroatoms. The minimum atomic E-state index is 0.793. The molecule has 0 spiro atoms. The summed E-state index contributed by atoms with van der Waals surface area (Å²) in [6.45, 7) is 12.4. The topological polar surface area (TPSA) is 45.6 Å². The van der Waals surface area contributed by atoms with Crippen molar-refractivity contribution in [3.05, 3.63) is 41.6 Å². The van der Waals surface area contributed by atoms with Gasteiger partial charge in [0.25, 0.3) is 0 Å². The lowest BCUT2D eigenvalue weighted by molar-refractivity contribution is 0.194. The molecule has 0 unspecified atom stereocenters. The van der Waals surface area contributed by atoms with Gasteiger partial charge >= 0.3 is 0 Å². The van der Waals surface area contributed by atoms with Crippen molar-refractivity contribution in [1.29, 1.82) is 0 Å². The van der Waals surface area contributed by atoms with Gasteiger partial charge in [0, 0.05) is 52.0 Å². The Balaban J connectivity index is 1.84. The maximum Gasteiger partial charge on any atom is 0.137 e. The highest BCUT2D eigenvalue weighted by Gasteiger charge is 2.24. The van der Waals surface area contributed by atoms with Gasteiger partial charge in [0.2, 0.25) is 0 Å². The molecule has 0 bridgehead atoms. The molecular weight excluding hydrogens is 338 g/mol. The van der Waals surface area contributed by atoms with Crippen molar-refractivity contribution in [2.45, 2.75) is 26.8 Å². The van der Waals surface area contributed by atoms with Crippen LogP contribution >= 0.6 is 0 Å². The number of benzene rings is 1. The maximum absolute atomic E-state index is 5.15. The minimum Gasteiger partial charge on any atom is -0.385 e. The molecule has 1 aromatic carbocycles. The van der Waals surface area contributed by atoms with Gasteiger partial charge in [-0.3, -0.25) is 0 Å². The van der Waals surface area contributed by atoms with E-state index in [2.05, 4.69) is 64.0 Å². The molecule has 3 rings (SSSR count). The van der Waals surface area contributed by atoms with E-state index in [1.807, 2.05) is 0 Å². The summed E-state index contributed by atoms with van der Waals surface area (Å²) in [5.74, 6) is 1.24. The first-order valence-corrected chi connectivity index (χ1v) is 10.1. The highest BCUT2D eigenvalue weighted by atomic mass is 16.5. The second-order valence-corrected chi connectivity index (χ2v) is 7.08. The molecule has 1 saturated heterocycles. The Bertz CT molecular complexity index is 692. The number of nitrogens with zero attached hydrogens (tertiary/aromatic N) is 4. The van der Waals surface area contributed by atoms with Crippen LogP contribution in [0.3, 0.4) is 0 Å². The van der Waals surface area contributed by atoms with Gasteiger partial charge in [0.15, 0.2) is 0 Å². The van der Waals surface area contributed by atoms with E-state index in [4.69, 9.17) is 9.84 Å². The summed E-state index contributed by atoms with van der Waals surface area (Å²) < 4.78 is 7.28. The fraction of sp³-hybridized carbons (Fsp3) is 0.571. The van der Waals surface area contributed by atoms with E-state index in [0.29, 0.717) is 0 Å². The van der Waals surface area contributed by atoms with Crippen LogP contribution < -0.4 is 10.2 Å². The zero-order chi connectivity index (χ0) is 19.1. The first-order chi connectivity index (χ1) is 13.2. The molecule has 27 heavy (non-hydrogen) atoms. The van der Waals surface area contributed by atoms with Crippen molar-refractivity contribution < 1.29 is 4.74 Å². The standard InChI is InChI=1S/C21H33N5O/c1-4-24-12-14-25(15-13-24)21-20(17-22-11-8-16-27-3)18(2)23-26(21)19-9-6-5-7-10-19/h5-7,9-10,22H,4,8,11-17H2,1-3H3. The summed E-state index contributed by atoms with van der Waals surface area (Å²) in [6.07, 6.45) is 1.02. The van der Waals surface area contributed by atoms with E-state index in [0.717, 1.165) is 70.2 Å². The van der Waals surface area contributed by atoms with E-state index in [1.54, 1.807) is 7.11 Å². The number of methoxy groups -OCH3 is 1. The molecule has 0 amide bonds. The number of aryl methyl sites for hydroxylation is 1. The number of ether oxygens (including phenoxy) is 1. The summed E-state index contributed by atoms with van der Waals surface area (Å²) in [7, 11) is 1.75. The predicted octanol–water partition coefficient (Wildman–Crippen LogP) is 2.45. The second-order valence-electron chi connectivity index (χ2n) is 7.08. The fourth-order valence-corrected chi connectivity index (χ4v) is 3.66. The number of nitrogens with one attached hydrogen (secondary N) is 1. The van der Waals surface area contributed by atoms with Crippen LogP contribution in [0.25, 0.3) is 5.69 Å². The molecule has 6 nitrogen and oxygen atoms in total. The number of hydrogen-bond donors (Lipinski definition) is 1. The van der Waals surface area contributed by atoms with Crippen LogP contribution in [-0.4, -0.2) is 67.7 Å². The number of piperazine rings is 1. The van der Waals surface area contributed by atoms with E-state index >= 15 is 0 Å². The molecule has 2 heterocycles. The quantitative estimate of drug-likeness (QED) is 0.686.